The van der Waals surface area contributed by atoms with E-state index >= 15 is 0 Å². The van der Waals surface area contributed by atoms with Crippen molar-refractivity contribution in [1.29, 1.82) is 0 Å². The first-order valence-corrected chi connectivity index (χ1v) is 5.98. The van der Waals surface area contributed by atoms with E-state index in [9.17, 15) is 0 Å². The Kier molecular flexibility index (Phi) is 3.03. The van der Waals surface area contributed by atoms with Crippen molar-refractivity contribution in [3.8, 4) is 0 Å². The van der Waals surface area contributed by atoms with E-state index in [4.69, 9.17) is 17.3 Å². The van der Waals surface area contributed by atoms with Crippen molar-refractivity contribution in [2.45, 2.75) is 39.2 Å². The lowest BCUT2D eigenvalue weighted by Crippen LogP contribution is -2.12. The highest BCUT2D eigenvalue weighted by atomic mass is 35.5. The van der Waals surface area contributed by atoms with Crippen molar-refractivity contribution >= 4 is 11.6 Å². The van der Waals surface area contributed by atoms with Crippen LogP contribution >= 0.6 is 11.6 Å². The van der Waals surface area contributed by atoms with Crippen molar-refractivity contribution in [3.05, 3.63) is 33.8 Å². The summed E-state index contributed by atoms with van der Waals surface area (Å²) in [5.41, 5.74) is 9.83. The second kappa shape index (κ2) is 4.15. The topological polar surface area (TPSA) is 26.0 Å². The van der Waals surface area contributed by atoms with E-state index in [1.807, 2.05) is 13.0 Å². The molecule has 1 unspecified atom stereocenters. The summed E-state index contributed by atoms with van der Waals surface area (Å²) >= 11 is 6.07. The first-order chi connectivity index (χ1) is 7.08. The summed E-state index contributed by atoms with van der Waals surface area (Å²) in [5.74, 6) is 0.871. The second-order valence-electron chi connectivity index (χ2n) is 4.74. The molecule has 82 valence electrons. The summed E-state index contributed by atoms with van der Waals surface area (Å²) in [6.45, 7) is 4.13. The van der Waals surface area contributed by atoms with Crippen molar-refractivity contribution < 1.29 is 0 Å². The smallest absolute Gasteiger partial charge is 0.0438 e. The van der Waals surface area contributed by atoms with Gasteiger partial charge in [0.1, 0.15) is 0 Å². The summed E-state index contributed by atoms with van der Waals surface area (Å²) in [4.78, 5) is 0. The third kappa shape index (κ3) is 2.53. The first kappa shape index (κ1) is 11.0. The third-order valence-corrected chi connectivity index (χ3v) is 3.64. The minimum Gasteiger partial charge on any atom is -0.324 e. The van der Waals surface area contributed by atoms with Crippen LogP contribution in [-0.4, -0.2) is 0 Å². The maximum atomic E-state index is 6.21. The van der Waals surface area contributed by atoms with Gasteiger partial charge in [0.25, 0.3) is 0 Å². The Labute approximate surface area is 96.6 Å². The molecule has 2 rings (SSSR count). The molecule has 0 aliphatic heterocycles. The van der Waals surface area contributed by atoms with Crippen LogP contribution in [0.1, 0.15) is 42.0 Å². The van der Waals surface area contributed by atoms with Gasteiger partial charge in [0, 0.05) is 11.1 Å². The fraction of sp³-hybridized carbons (Fsp3) is 0.538. The molecule has 0 bridgehead atoms. The van der Waals surface area contributed by atoms with E-state index in [0.717, 1.165) is 22.9 Å². The number of halogens is 1. The van der Waals surface area contributed by atoms with Gasteiger partial charge in [-0.15, -0.1) is 0 Å². The molecule has 2 N–H and O–H groups in total. The summed E-state index contributed by atoms with van der Waals surface area (Å²) in [7, 11) is 0. The predicted octanol–water partition coefficient (Wildman–Crippen LogP) is 3.76. The molecular formula is C13H18ClN. The zero-order valence-corrected chi connectivity index (χ0v) is 10.1. The van der Waals surface area contributed by atoms with Gasteiger partial charge in [0.15, 0.2) is 0 Å². The molecule has 0 saturated heterocycles. The number of hydrogen-bond donors (Lipinski definition) is 1. The first-order valence-electron chi connectivity index (χ1n) is 5.60. The minimum atomic E-state index is 0.188. The molecule has 1 aliphatic rings. The maximum Gasteiger partial charge on any atom is 0.0438 e. The normalized spacial score (nSPS) is 17.9. The summed E-state index contributed by atoms with van der Waals surface area (Å²) in [6, 6.07) is 4.36. The van der Waals surface area contributed by atoms with Crippen LogP contribution in [0.4, 0.5) is 0 Å². The van der Waals surface area contributed by atoms with Crippen LogP contribution in [0, 0.1) is 19.8 Å². The minimum absolute atomic E-state index is 0.188. The molecule has 0 amide bonds. The van der Waals surface area contributed by atoms with Crippen molar-refractivity contribution in [3.63, 3.8) is 0 Å². The number of hydrogen-bond acceptors (Lipinski definition) is 1. The van der Waals surface area contributed by atoms with Crippen LogP contribution in [0.5, 0.6) is 0 Å². The quantitative estimate of drug-likeness (QED) is 0.830. The summed E-state index contributed by atoms with van der Waals surface area (Å²) < 4.78 is 0. The van der Waals surface area contributed by atoms with Crippen LogP contribution in [0.2, 0.25) is 5.02 Å². The Morgan fingerprint density at radius 1 is 1.33 bits per heavy atom. The monoisotopic (exact) mass is 223 g/mol. The van der Waals surface area contributed by atoms with Gasteiger partial charge in [-0.25, -0.2) is 0 Å². The Balaban J connectivity index is 2.21. The van der Waals surface area contributed by atoms with Crippen LogP contribution in [0.15, 0.2) is 12.1 Å². The Morgan fingerprint density at radius 2 is 2.00 bits per heavy atom. The van der Waals surface area contributed by atoms with E-state index in [-0.39, 0.29) is 6.04 Å². The summed E-state index contributed by atoms with van der Waals surface area (Å²) in [6.07, 6.45) is 3.85. The number of rotatable bonds is 3. The van der Waals surface area contributed by atoms with Gasteiger partial charge >= 0.3 is 0 Å². The molecule has 1 nitrogen and oxygen atoms in total. The molecule has 1 aromatic carbocycles. The highest BCUT2D eigenvalue weighted by Gasteiger charge is 2.25. The van der Waals surface area contributed by atoms with Gasteiger partial charge in [-0.1, -0.05) is 30.5 Å². The SMILES string of the molecule is Cc1cc(C(N)CC2CC2)c(C)cc1Cl. The molecule has 0 spiro atoms. The van der Waals surface area contributed by atoms with Crippen molar-refractivity contribution in [1.82, 2.24) is 0 Å². The van der Waals surface area contributed by atoms with E-state index in [1.165, 1.54) is 24.0 Å². The molecule has 0 aromatic heterocycles. The fourth-order valence-electron chi connectivity index (χ4n) is 2.04. The van der Waals surface area contributed by atoms with E-state index < -0.39 is 0 Å². The number of aryl methyl sites for hydroxylation is 2. The highest BCUT2D eigenvalue weighted by Crippen LogP contribution is 2.37. The van der Waals surface area contributed by atoms with Gasteiger partial charge in [0.2, 0.25) is 0 Å². The molecule has 2 heteroatoms. The third-order valence-electron chi connectivity index (χ3n) is 3.23. The Bertz CT molecular complexity index is 369. The molecule has 15 heavy (non-hydrogen) atoms. The standard InChI is InChI=1S/C13H18ClN/c1-8-6-12(14)9(2)5-11(8)13(15)7-10-3-4-10/h5-6,10,13H,3-4,7,15H2,1-2H3. The lowest BCUT2D eigenvalue weighted by Gasteiger charge is -2.16. The molecule has 1 atom stereocenters. The van der Waals surface area contributed by atoms with Gasteiger partial charge in [0.05, 0.1) is 0 Å². The largest absolute Gasteiger partial charge is 0.324 e. The van der Waals surface area contributed by atoms with E-state index in [1.54, 1.807) is 0 Å². The second-order valence-corrected chi connectivity index (χ2v) is 5.15. The number of nitrogens with two attached hydrogens (primary N) is 1. The van der Waals surface area contributed by atoms with Gasteiger partial charge in [-0.2, -0.15) is 0 Å². The Morgan fingerprint density at radius 3 is 2.60 bits per heavy atom. The highest BCUT2D eigenvalue weighted by molar-refractivity contribution is 6.31. The molecular weight excluding hydrogens is 206 g/mol. The average molecular weight is 224 g/mol. The van der Waals surface area contributed by atoms with E-state index in [2.05, 4.69) is 13.0 Å². The van der Waals surface area contributed by atoms with Crippen LogP contribution in [-0.2, 0) is 0 Å². The van der Waals surface area contributed by atoms with Crippen LogP contribution in [0.25, 0.3) is 0 Å². The fourth-order valence-corrected chi connectivity index (χ4v) is 2.26. The van der Waals surface area contributed by atoms with Crippen molar-refractivity contribution in [2.24, 2.45) is 11.7 Å². The maximum absolute atomic E-state index is 6.21. The molecule has 0 heterocycles. The van der Waals surface area contributed by atoms with Gasteiger partial charge in [-0.3, -0.25) is 0 Å². The zero-order valence-electron chi connectivity index (χ0n) is 9.39. The van der Waals surface area contributed by atoms with Crippen molar-refractivity contribution in [2.75, 3.05) is 0 Å². The molecule has 1 aromatic rings. The van der Waals surface area contributed by atoms with Crippen LogP contribution < -0.4 is 5.73 Å². The predicted molar refractivity (Wildman–Crippen MR) is 65.2 cm³/mol. The lowest BCUT2D eigenvalue weighted by molar-refractivity contribution is 0.594. The zero-order chi connectivity index (χ0) is 11.0. The van der Waals surface area contributed by atoms with Gasteiger partial charge < -0.3 is 5.73 Å². The lowest BCUT2D eigenvalue weighted by atomic mass is 9.96. The molecule has 1 fully saturated rings. The number of benzene rings is 1. The average Bonchev–Trinajstić information content (AvgIpc) is 2.95. The molecule has 1 saturated carbocycles. The molecule has 0 radical (unpaired) electrons. The molecule has 1 aliphatic carbocycles. The van der Waals surface area contributed by atoms with Crippen LogP contribution in [0.3, 0.4) is 0 Å². The Hall–Kier alpha value is -0.530. The van der Waals surface area contributed by atoms with Gasteiger partial charge in [-0.05, 0) is 48.9 Å². The van der Waals surface area contributed by atoms with E-state index in [0.29, 0.717) is 0 Å². The summed E-state index contributed by atoms with van der Waals surface area (Å²) in [5, 5.41) is 0.842.